The van der Waals surface area contributed by atoms with Crippen molar-refractivity contribution < 1.29 is 4.79 Å². The monoisotopic (exact) mass is 277 g/mol. The highest BCUT2D eigenvalue weighted by Gasteiger charge is 2.28. The number of hydrogen-bond donors (Lipinski definition) is 0. The highest BCUT2D eigenvalue weighted by Crippen LogP contribution is 2.20. The molecule has 6 nitrogen and oxygen atoms in total. The number of amides is 1. The van der Waals surface area contributed by atoms with E-state index >= 15 is 0 Å². The van der Waals surface area contributed by atoms with Crippen LogP contribution in [0.15, 0.2) is 6.20 Å². The Kier molecular flexibility index (Phi) is 4.00. The van der Waals surface area contributed by atoms with Crippen LogP contribution in [0.1, 0.15) is 25.0 Å². The van der Waals surface area contributed by atoms with Gasteiger partial charge in [-0.25, -0.2) is 0 Å². The predicted octanol–water partition coefficient (Wildman–Crippen LogP) is 0.302. The highest BCUT2D eigenvalue weighted by molar-refractivity contribution is 5.78. The summed E-state index contributed by atoms with van der Waals surface area (Å²) in [4.78, 5) is 16.8. The van der Waals surface area contributed by atoms with Gasteiger partial charge < -0.3 is 9.80 Å². The summed E-state index contributed by atoms with van der Waals surface area (Å²) in [5.41, 5.74) is 0.887. The van der Waals surface area contributed by atoms with Crippen LogP contribution in [0.25, 0.3) is 0 Å². The zero-order valence-corrected chi connectivity index (χ0v) is 12.2. The van der Waals surface area contributed by atoms with Gasteiger partial charge in [0.1, 0.15) is 0 Å². The van der Waals surface area contributed by atoms with Crippen molar-refractivity contribution in [3.05, 3.63) is 11.9 Å². The molecule has 1 unspecified atom stereocenters. The van der Waals surface area contributed by atoms with Gasteiger partial charge in [0.15, 0.2) is 0 Å². The molecule has 20 heavy (non-hydrogen) atoms. The maximum atomic E-state index is 12.3. The van der Waals surface area contributed by atoms with E-state index in [0.717, 1.165) is 31.7 Å². The predicted molar refractivity (Wildman–Crippen MR) is 75.1 cm³/mol. The van der Waals surface area contributed by atoms with Crippen LogP contribution < -0.4 is 0 Å². The fourth-order valence-electron chi connectivity index (χ4n) is 3.28. The smallest absolute Gasteiger partial charge is 0.228 e. The molecule has 0 aliphatic carbocycles. The van der Waals surface area contributed by atoms with Gasteiger partial charge in [0.25, 0.3) is 0 Å². The maximum Gasteiger partial charge on any atom is 0.228 e. The van der Waals surface area contributed by atoms with Crippen LogP contribution in [-0.4, -0.2) is 63.4 Å². The Hall–Kier alpha value is -1.43. The second-order valence-corrected chi connectivity index (χ2v) is 6.03. The lowest BCUT2D eigenvalue weighted by Gasteiger charge is -2.20. The quantitative estimate of drug-likeness (QED) is 0.794. The molecule has 2 aliphatic heterocycles. The summed E-state index contributed by atoms with van der Waals surface area (Å²) in [6.07, 6.45) is 5.91. The van der Waals surface area contributed by atoms with Crippen molar-refractivity contribution in [2.45, 2.75) is 25.7 Å². The molecule has 0 bridgehead atoms. The molecule has 6 heteroatoms. The van der Waals surface area contributed by atoms with Crippen LogP contribution in [0.3, 0.4) is 0 Å². The highest BCUT2D eigenvalue weighted by atomic mass is 16.2. The topological polar surface area (TPSA) is 54.3 Å². The minimum absolute atomic E-state index is 0.208. The third kappa shape index (κ3) is 3.00. The van der Waals surface area contributed by atoms with E-state index in [1.165, 1.54) is 25.9 Å². The average molecular weight is 277 g/mol. The minimum Gasteiger partial charge on any atom is -0.342 e. The fraction of sp³-hybridized carbons (Fsp3) is 0.786. The molecule has 3 rings (SSSR count). The van der Waals surface area contributed by atoms with Crippen molar-refractivity contribution in [1.82, 2.24) is 24.8 Å². The van der Waals surface area contributed by atoms with Crippen LogP contribution in [0.4, 0.5) is 0 Å². The summed E-state index contributed by atoms with van der Waals surface area (Å²) in [5, 5.41) is 7.69. The van der Waals surface area contributed by atoms with Gasteiger partial charge in [-0.3, -0.25) is 9.48 Å². The molecule has 0 radical (unpaired) electrons. The summed E-state index contributed by atoms with van der Waals surface area (Å²) < 4.78 is 1.68. The van der Waals surface area contributed by atoms with Gasteiger partial charge in [0.05, 0.1) is 18.3 Å². The van der Waals surface area contributed by atoms with Crippen molar-refractivity contribution >= 4 is 5.91 Å². The summed E-state index contributed by atoms with van der Waals surface area (Å²) >= 11 is 0. The number of carbonyl (C=O) groups is 1. The van der Waals surface area contributed by atoms with Crippen molar-refractivity contribution in [3.8, 4) is 0 Å². The molecule has 0 N–H and O–H groups in total. The third-order valence-corrected chi connectivity index (χ3v) is 4.49. The Morgan fingerprint density at radius 3 is 2.85 bits per heavy atom. The normalized spacial score (nSPS) is 23.6. The number of likely N-dealkylation sites (tertiary alicyclic amines) is 2. The second kappa shape index (κ2) is 5.91. The molecular weight excluding hydrogens is 254 g/mol. The van der Waals surface area contributed by atoms with E-state index in [-0.39, 0.29) is 5.91 Å². The lowest BCUT2D eigenvalue weighted by Crippen LogP contribution is -2.33. The van der Waals surface area contributed by atoms with Gasteiger partial charge in [0.2, 0.25) is 5.91 Å². The Morgan fingerprint density at radius 2 is 2.15 bits per heavy atom. The van der Waals surface area contributed by atoms with Crippen molar-refractivity contribution in [2.75, 3.05) is 32.7 Å². The first kappa shape index (κ1) is 13.5. The molecule has 2 saturated heterocycles. The molecule has 1 atom stereocenters. The van der Waals surface area contributed by atoms with Crippen LogP contribution >= 0.6 is 0 Å². The molecule has 2 fully saturated rings. The van der Waals surface area contributed by atoms with E-state index in [9.17, 15) is 4.79 Å². The first-order valence-corrected chi connectivity index (χ1v) is 7.56. The molecule has 1 aromatic rings. The Labute approximate surface area is 119 Å². The van der Waals surface area contributed by atoms with E-state index < -0.39 is 0 Å². The first-order valence-electron chi connectivity index (χ1n) is 7.56. The molecule has 0 spiro atoms. The number of rotatable bonds is 4. The molecule has 1 aromatic heterocycles. The van der Waals surface area contributed by atoms with Crippen LogP contribution in [0.5, 0.6) is 0 Å². The van der Waals surface area contributed by atoms with E-state index in [1.54, 1.807) is 10.9 Å². The van der Waals surface area contributed by atoms with E-state index in [4.69, 9.17) is 0 Å². The van der Waals surface area contributed by atoms with Crippen molar-refractivity contribution in [1.29, 1.82) is 0 Å². The average Bonchev–Trinajstić information content (AvgIpc) is 3.14. The summed E-state index contributed by atoms with van der Waals surface area (Å²) in [6.45, 7) is 5.47. The summed E-state index contributed by atoms with van der Waals surface area (Å²) in [5.74, 6) is 0.862. The molecule has 110 valence electrons. The largest absolute Gasteiger partial charge is 0.342 e. The molecule has 3 heterocycles. The van der Waals surface area contributed by atoms with Crippen molar-refractivity contribution in [3.63, 3.8) is 0 Å². The molecule has 0 aromatic carbocycles. The van der Waals surface area contributed by atoms with Crippen LogP contribution in [0, 0.1) is 5.92 Å². The van der Waals surface area contributed by atoms with Gasteiger partial charge in [-0.1, -0.05) is 5.21 Å². The fourth-order valence-corrected chi connectivity index (χ4v) is 3.28. The van der Waals surface area contributed by atoms with Gasteiger partial charge in [-0.15, -0.1) is 5.10 Å². The molecule has 2 aliphatic rings. The molecule has 0 saturated carbocycles. The number of nitrogens with zero attached hydrogens (tertiary/aromatic N) is 5. The second-order valence-electron chi connectivity index (χ2n) is 6.03. The summed E-state index contributed by atoms with van der Waals surface area (Å²) in [7, 11) is 1.83. The van der Waals surface area contributed by atoms with E-state index in [0.29, 0.717) is 12.3 Å². The van der Waals surface area contributed by atoms with Crippen LogP contribution in [-0.2, 0) is 18.3 Å². The lowest BCUT2D eigenvalue weighted by atomic mass is 10.1. The summed E-state index contributed by atoms with van der Waals surface area (Å²) in [6, 6.07) is 0. The zero-order valence-electron chi connectivity index (χ0n) is 12.2. The minimum atomic E-state index is 0.208. The Balaban J connectivity index is 1.49. The lowest BCUT2D eigenvalue weighted by molar-refractivity contribution is -0.129. The number of aryl methyl sites for hydroxylation is 1. The number of hydrogen-bond acceptors (Lipinski definition) is 4. The zero-order chi connectivity index (χ0) is 13.9. The van der Waals surface area contributed by atoms with Crippen LogP contribution in [0.2, 0.25) is 0 Å². The first-order chi connectivity index (χ1) is 9.72. The number of carbonyl (C=O) groups excluding carboxylic acids is 1. The Bertz CT molecular complexity index is 466. The molecular formula is C14H23N5O. The SMILES string of the molecule is Cn1nncc1CC(=O)N1CCC(CN2CCCC2)C1. The standard InChI is InChI=1S/C14H23N5O/c1-17-13(9-15-16-17)8-14(20)19-7-4-12(11-19)10-18-5-2-3-6-18/h9,12H,2-8,10-11H2,1H3. The molecule has 1 amide bonds. The van der Waals surface area contributed by atoms with E-state index in [1.807, 2.05) is 11.9 Å². The number of aromatic nitrogens is 3. The van der Waals surface area contributed by atoms with Crippen molar-refractivity contribution in [2.24, 2.45) is 13.0 Å². The van der Waals surface area contributed by atoms with Gasteiger partial charge in [-0.2, -0.15) is 0 Å². The van der Waals surface area contributed by atoms with Gasteiger partial charge >= 0.3 is 0 Å². The van der Waals surface area contributed by atoms with Gasteiger partial charge in [-0.05, 0) is 38.3 Å². The van der Waals surface area contributed by atoms with Gasteiger partial charge in [0, 0.05) is 26.7 Å². The maximum absolute atomic E-state index is 12.3. The van der Waals surface area contributed by atoms with E-state index in [2.05, 4.69) is 15.2 Å². The Morgan fingerprint density at radius 1 is 1.35 bits per heavy atom. The third-order valence-electron chi connectivity index (χ3n) is 4.49.